The molecule has 0 aliphatic carbocycles. The Bertz CT molecular complexity index is 947. The van der Waals surface area contributed by atoms with Gasteiger partial charge in [-0.3, -0.25) is 4.79 Å². The summed E-state index contributed by atoms with van der Waals surface area (Å²) in [7, 11) is 3.25. The Morgan fingerprint density at radius 3 is 2.38 bits per heavy atom. The quantitative estimate of drug-likeness (QED) is 0.742. The summed E-state index contributed by atoms with van der Waals surface area (Å²) in [4.78, 5) is 28.3. The number of methoxy groups -OCH3 is 2. The molecule has 2 atom stereocenters. The fourth-order valence-electron chi connectivity index (χ4n) is 4.20. The van der Waals surface area contributed by atoms with Gasteiger partial charge in [-0.05, 0) is 30.2 Å². The summed E-state index contributed by atoms with van der Waals surface area (Å²) in [5.41, 5.74) is 2.14. The highest BCUT2D eigenvalue weighted by Crippen LogP contribution is 2.31. The molecule has 0 bridgehead atoms. The highest BCUT2D eigenvalue weighted by molar-refractivity contribution is 6.07. The smallest absolute Gasteiger partial charge is 0.329 e. The SMILES string of the molecule is COc1cc2c(cc1OC)C[NH+](CN1C(=O)N[C@@](C)(c3ccccc3)C1=O)CC2. The molecule has 2 heterocycles. The van der Waals surface area contributed by atoms with Crippen LogP contribution in [0.1, 0.15) is 23.6 Å². The van der Waals surface area contributed by atoms with Crippen molar-refractivity contribution in [3.05, 3.63) is 59.2 Å². The standard InChI is InChI=1S/C22H25N3O4/c1-22(17-7-5-4-6-8-17)20(26)25(21(27)23-22)14-24-10-9-15-11-18(28-2)19(29-3)12-16(15)13-24/h4-8,11-12H,9-10,13-14H2,1-3H3,(H,23,27)/p+1/t22-/m0/s1. The van der Waals surface area contributed by atoms with Crippen LogP contribution in [-0.4, -0.2) is 44.3 Å². The molecule has 0 radical (unpaired) electrons. The van der Waals surface area contributed by atoms with Gasteiger partial charge in [0.15, 0.2) is 18.2 Å². The van der Waals surface area contributed by atoms with Crippen LogP contribution in [0.15, 0.2) is 42.5 Å². The number of urea groups is 1. The first-order valence-electron chi connectivity index (χ1n) is 9.73. The van der Waals surface area contributed by atoms with E-state index in [1.165, 1.54) is 10.5 Å². The highest BCUT2D eigenvalue weighted by atomic mass is 16.5. The van der Waals surface area contributed by atoms with E-state index in [1.54, 1.807) is 21.1 Å². The summed E-state index contributed by atoms with van der Waals surface area (Å²) in [6.07, 6.45) is 0.852. The van der Waals surface area contributed by atoms with Gasteiger partial charge in [0.25, 0.3) is 5.91 Å². The number of fused-ring (bicyclic) bond motifs is 1. The van der Waals surface area contributed by atoms with E-state index < -0.39 is 5.54 Å². The maximum absolute atomic E-state index is 13.1. The van der Waals surface area contributed by atoms with Crippen LogP contribution in [0.2, 0.25) is 0 Å². The van der Waals surface area contributed by atoms with Crippen molar-refractivity contribution in [3.8, 4) is 11.5 Å². The van der Waals surface area contributed by atoms with Gasteiger partial charge < -0.3 is 19.7 Å². The van der Waals surface area contributed by atoms with Crippen LogP contribution in [0.5, 0.6) is 11.5 Å². The third kappa shape index (κ3) is 3.31. The molecule has 7 nitrogen and oxygen atoms in total. The molecule has 2 aliphatic rings. The number of benzene rings is 2. The molecular weight excluding hydrogens is 370 g/mol. The normalized spacial score (nSPS) is 23.6. The van der Waals surface area contributed by atoms with Crippen molar-refractivity contribution >= 4 is 11.9 Å². The molecular formula is C22H26N3O4+. The Morgan fingerprint density at radius 1 is 1.07 bits per heavy atom. The molecule has 2 aromatic rings. The summed E-state index contributed by atoms with van der Waals surface area (Å²) in [5, 5.41) is 2.88. The first kappa shape index (κ1) is 19.3. The van der Waals surface area contributed by atoms with Crippen LogP contribution in [-0.2, 0) is 23.3 Å². The monoisotopic (exact) mass is 396 g/mol. The summed E-state index contributed by atoms with van der Waals surface area (Å²) in [6.45, 7) is 3.65. The van der Waals surface area contributed by atoms with Crippen molar-refractivity contribution < 1.29 is 24.0 Å². The third-order valence-electron chi connectivity index (χ3n) is 5.90. The fraction of sp³-hybridized carbons (Fsp3) is 0.364. The van der Waals surface area contributed by atoms with E-state index in [2.05, 4.69) is 5.32 Å². The second-order valence-electron chi connectivity index (χ2n) is 7.72. The lowest BCUT2D eigenvalue weighted by Crippen LogP contribution is -3.13. The zero-order valence-corrected chi connectivity index (χ0v) is 17.0. The summed E-state index contributed by atoms with van der Waals surface area (Å²) in [5.74, 6) is 1.21. The first-order chi connectivity index (χ1) is 14.0. The van der Waals surface area contributed by atoms with Crippen molar-refractivity contribution in [2.45, 2.75) is 25.4 Å². The number of hydrogen-bond acceptors (Lipinski definition) is 4. The Balaban J connectivity index is 1.52. The number of carbonyl (C=O) groups is 2. The third-order valence-corrected chi connectivity index (χ3v) is 5.90. The summed E-state index contributed by atoms with van der Waals surface area (Å²) in [6, 6.07) is 13.0. The molecule has 29 heavy (non-hydrogen) atoms. The van der Waals surface area contributed by atoms with Gasteiger partial charge in [-0.1, -0.05) is 30.3 Å². The number of hydrogen-bond donors (Lipinski definition) is 2. The molecule has 2 aromatic carbocycles. The molecule has 2 aliphatic heterocycles. The van der Waals surface area contributed by atoms with E-state index in [9.17, 15) is 9.59 Å². The molecule has 1 fully saturated rings. The zero-order chi connectivity index (χ0) is 20.6. The molecule has 2 N–H and O–H groups in total. The molecule has 4 rings (SSSR count). The van der Waals surface area contributed by atoms with Crippen LogP contribution in [0.4, 0.5) is 4.79 Å². The number of ether oxygens (including phenoxy) is 2. The van der Waals surface area contributed by atoms with Crippen molar-refractivity contribution in [2.75, 3.05) is 27.4 Å². The topological polar surface area (TPSA) is 72.3 Å². The molecule has 7 heteroatoms. The average Bonchev–Trinajstić information content (AvgIpc) is 2.97. The zero-order valence-electron chi connectivity index (χ0n) is 17.0. The molecule has 3 amide bonds. The number of imide groups is 1. The lowest BCUT2D eigenvalue weighted by atomic mass is 9.92. The summed E-state index contributed by atoms with van der Waals surface area (Å²) >= 11 is 0. The van der Waals surface area contributed by atoms with E-state index >= 15 is 0 Å². The minimum absolute atomic E-state index is 0.209. The Morgan fingerprint density at radius 2 is 1.72 bits per heavy atom. The van der Waals surface area contributed by atoms with E-state index in [0.29, 0.717) is 12.4 Å². The van der Waals surface area contributed by atoms with E-state index in [0.717, 1.165) is 41.3 Å². The number of quaternary nitrogens is 1. The van der Waals surface area contributed by atoms with Gasteiger partial charge >= 0.3 is 6.03 Å². The van der Waals surface area contributed by atoms with Crippen LogP contribution in [0.25, 0.3) is 0 Å². The van der Waals surface area contributed by atoms with Crippen molar-refractivity contribution in [1.82, 2.24) is 10.2 Å². The second kappa shape index (κ2) is 7.40. The maximum Gasteiger partial charge on any atom is 0.329 e. The van der Waals surface area contributed by atoms with Gasteiger partial charge in [0.1, 0.15) is 12.1 Å². The van der Waals surface area contributed by atoms with Crippen LogP contribution in [0.3, 0.4) is 0 Å². The second-order valence-corrected chi connectivity index (χ2v) is 7.72. The van der Waals surface area contributed by atoms with Crippen LogP contribution >= 0.6 is 0 Å². The van der Waals surface area contributed by atoms with Gasteiger partial charge in [-0.15, -0.1) is 0 Å². The van der Waals surface area contributed by atoms with Crippen LogP contribution in [0, 0.1) is 0 Å². The fourth-order valence-corrected chi connectivity index (χ4v) is 4.20. The van der Waals surface area contributed by atoms with E-state index in [4.69, 9.17) is 9.47 Å². The molecule has 0 aromatic heterocycles. The first-order valence-corrected chi connectivity index (χ1v) is 9.73. The molecule has 0 spiro atoms. The average molecular weight is 396 g/mol. The number of nitrogens with zero attached hydrogens (tertiary/aromatic N) is 1. The van der Waals surface area contributed by atoms with Crippen molar-refractivity contribution in [2.24, 2.45) is 0 Å². The number of carbonyl (C=O) groups excluding carboxylic acids is 2. The van der Waals surface area contributed by atoms with Crippen molar-refractivity contribution in [1.29, 1.82) is 0 Å². The number of nitrogens with one attached hydrogen (secondary N) is 2. The Hall–Kier alpha value is -3.06. The minimum atomic E-state index is -1.03. The number of amides is 3. The van der Waals surface area contributed by atoms with Gasteiger partial charge in [0.2, 0.25) is 0 Å². The Labute approximate surface area is 170 Å². The van der Waals surface area contributed by atoms with E-state index in [1.807, 2.05) is 42.5 Å². The van der Waals surface area contributed by atoms with Crippen LogP contribution < -0.4 is 19.7 Å². The lowest BCUT2D eigenvalue weighted by molar-refractivity contribution is -0.923. The predicted octanol–water partition coefficient (Wildman–Crippen LogP) is 1.07. The highest BCUT2D eigenvalue weighted by Gasteiger charge is 2.50. The molecule has 1 saturated heterocycles. The predicted molar refractivity (Wildman–Crippen MR) is 107 cm³/mol. The van der Waals surface area contributed by atoms with Gasteiger partial charge in [0.05, 0.1) is 20.8 Å². The Kier molecular flexibility index (Phi) is 4.92. The number of rotatable bonds is 5. The lowest BCUT2D eigenvalue weighted by Gasteiger charge is -2.29. The van der Waals surface area contributed by atoms with Gasteiger partial charge in [-0.25, -0.2) is 9.69 Å². The van der Waals surface area contributed by atoms with Gasteiger partial charge in [-0.2, -0.15) is 0 Å². The maximum atomic E-state index is 13.1. The largest absolute Gasteiger partial charge is 0.493 e. The van der Waals surface area contributed by atoms with E-state index in [-0.39, 0.29) is 11.9 Å². The van der Waals surface area contributed by atoms with Gasteiger partial charge in [0, 0.05) is 12.0 Å². The molecule has 152 valence electrons. The molecule has 1 unspecified atom stereocenters. The molecule has 0 saturated carbocycles. The van der Waals surface area contributed by atoms with Crippen molar-refractivity contribution in [3.63, 3.8) is 0 Å². The minimum Gasteiger partial charge on any atom is -0.493 e. The summed E-state index contributed by atoms with van der Waals surface area (Å²) < 4.78 is 10.8.